The summed E-state index contributed by atoms with van der Waals surface area (Å²) in [6.45, 7) is 6.86. The molecule has 0 unspecified atom stereocenters. The molecule has 0 aliphatic carbocycles. The molecule has 1 aromatic rings. The zero-order chi connectivity index (χ0) is 13.8. The SMILES string of the molecule is CC(C)OC(=O)C(C)(C)Oc1ccc(C=O)cc1. The fourth-order valence-electron chi connectivity index (χ4n) is 1.31. The first-order chi connectivity index (χ1) is 8.35. The van der Waals surface area contributed by atoms with Crippen molar-refractivity contribution in [2.24, 2.45) is 0 Å². The molecule has 4 nitrogen and oxygen atoms in total. The Bertz CT molecular complexity index is 418. The van der Waals surface area contributed by atoms with Gasteiger partial charge in [-0.3, -0.25) is 4.79 Å². The molecule has 0 saturated carbocycles. The number of esters is 1. The van der Waals surface area contributed by atoms with E-state index in [0.717, 1.165) is 6.29 Å². The van der Waals surface area contributed by atoms with Crippen molar-refractivity contribution in [3.05, 3.63) is 29.8 Å². The van der Waals surface area contributed by atoms with Crippen LogP contribution in [0.1, 0.15) is 38.1 Å². The summed E-state index contributed by atoms with van der Waals surface area (Å²) in [6.07, 6.45) is 0.569. The van der Waals surface area contributed by atoms with Gasteiger partial charge in [0, 0.05) is 5.56 Å². The van der Waals surface area contributed by atoms with Crippen LogP contribution in [0.25, 0.3) is 0 Å². The van der Waals surface area contributed by atoms with Crippen LogP contribution in [0.2, 0.25) is 0 Å². The van der Waals surface area contributed by atoms with Gasteiger partial charge in [0.15, 0.2) is 5.60 Å². The van der Waals surface area contributed by atoms with Crippen molar-refractivity contribution in [1.29, 1.82) is 0 Å². The molecule has 0 saturated heterocycles. The molecule has 0 amide bonds. The molecule has 0 fully saturated rings. The fourth-order valence-corrected chi connectivity index (χ4v) is 1.31. The van der Waals surface area contributed by atoms with Gasteiger partial charge in [0.25, 0.3) is 0 Å². The molecule has 0 N–H and O–H groups in total. The topological polar surface area (TPSA) is 52.6 Å². The molecular weight excluding hydrogens is 232 g/mol. The van der Waals surface area contributed by atoms with Gasteiger partial charge in [-0.15, -0.1) is 0 Å². The molecule has 0 heterocycles. The third-order valence-electron chi connectivity index (χ3n) is 2.22. The lowest BCUT2D eigenvalue weighted by Gasteiger charge is -2.25. The lowest BCUT2D eigenvalue weighted by atomic mass is 10.1. The van der Waals surface area contributed by atoms with Crippen LogP contribution >= 0.6 is 0 Å². The van der Waals surface area contributed by atoms with Gasteiger partial charge >= 0.3 is 5.97 Å². The summed E-state index contributed by atoms with van der Waals surface area (Å²) < 4.78 is 10.7. The first-order valence-electron chi connectivity index (χ1n) is 5.80. The normalized spacial score (nSPS) is 11.2. The molecule has 0 radical (unpaired) electrons. The number of carbonyl (C=O) groups is 2. The number of carbonyl (C=O) groups excluding carboxylic acids is 2. The van der Waals surface area contributed by atoms with Gasteiger partial charge in [-0.1, -0.05) is 0 Å². The number of rotatable bonds is 5. The molecule has 0 bridgehead atoms. The van der Waals surface area contributed by atoms with Crippen molar-refractivity contribution in [2.75, 3.05) is 0 Å². The average Bonchev–Trinajstić information content (AvgIpc) is 2.28. The van der Waals surface area contributed by atoms with E-state index >= 15 is 0 Å². The summed E-state index contributed by atoms with van der Waals surface area (Å²) in [6, 6.07) is 6.56. The van der Waals surface area contributed by atoms with E-state index in [0.29, 0.717) is 11.3 Å². The van der Waals surface area contributed by atoms with Crippen molar-refractivity contribution < 1.29 is 19.1 Å². The highest BCUT2D eigenvalue weighted by Gasteiger charge is 2.32. The van der Waals surface area contributed by atoms with Crippen molar-refractivity contribution in [3.63, 3.8) is 0 Å². The van der Waals surface area contributed by atoms with E-state index < -0.39 is 11.6 Å². The average molecular weight is 250 g/mol. The molecule has 18 heavy (non-hydrogen) atoms. The molecule has 98 valence electrons. The largest absolute Gasteiger partial charge is 0.476 e. The van der Waals surface area contributed by atoms with Gasteiger partial charge in [-0.2, -0.15) is 0 Å². The van der Waals surface area contributed by atoms with E-state index in [4.69, 9.17) is 9.47 Å². The Balaban J connectivity index is 2.74. The summed E-state index contributed by atoms with van der Waals surface area (Å²) in [5.74, 6) is 0.100. The molecular formula is C14H18O4. The maximum absolute atomic E-state index is 11.8. The number of aldehydes is 1. The van der Waals surface area contributed by atoms with Gasteiger partial charge in [-0.05, 0) is 52.0 Å². The van der Waals surface area contributed by atoms with E-state index in [1.54, 1.807) is 52.0 Å². The Kier molecular flexibility index (Phi) is 4.48. The first-order valence-corrected chi connectivity index (χ1v) is 5.80. The van der Waals surface area contributed by atoms with Crippen molar-refractivity contribution >= 4 is 12.3 Å². The Morgan fingerprint density at radius 1 is 1.22 bits per heavy atom. The minimum Gasteiger partial charge on any atom is -0.476 e. The van der Waals surface area contributed by atoms with Gasteiger partial charge in [0.1, 0.15) is 12.0 Å². The Morgan fingerprint density at radius 3 is 2.22 bits per heavy atom. The summed E-state index contributed by atoms with van der Waals surface area (Å²) in [5.41, 5.74) is -0.502. The Hall–Kier alpha value is -1.84. The Labute approximate surface area is 107 Å². The van der Waals surface area contributed by atoms with Gasteiger partial charge in [0.2, 0.25) is 0 Å². The summed E-state index contributed by atoms with van der Waals surface area (Å²) in [5, 5.41) is 0. The molecule has 0 atom stereocenters. The summed E-state index contributed by atoms with van der Waals surface area (Å²) >= 11 is 0. The number of hydrogen-bond donors (Lipinski definition) is 0. The quantitative estimate of drug-likeness (QED) is 0.595. The third kappa shape index (κ3) is 3.87. The predicted molar refractivity (Wildman–Crippen MR) is 67.8 cm³/mol. The lowest BCUT2D eigenvalue weighted by Crippen LogP contribution is -2.40. The minimum absolute atomic E-state index is 0.183. The van der Waals surface area contributed by atoms with Crippen LogP contribution in [0, 0.1) is 0 Å². The van der Waals surface area contributed by atoms with Crippen LogP contribution in [0.4, 0.5) is 0 Å². The van der Waals surface area contributed by atoms with E-state index in [2.05, 4.69) is 0 Å². The van der Waals surface area contributed by atoms with Crippen LogP contribution < -0.4 is 4.74 Å². The smallest absolute Gasteiger partial charge is 0.350 e. The second-order valence-corrected chi connectivity index (χ2v) is 4.75. The van der Waals surface area contributed by atoms with Crippen molar-refractivity contribution in [3.8, 4) is 5.75 Å². The van der Waals surface area contributed by atoms with Crippen LogP contribution in [0.15, 0.2) is 24.3 Å². The molecule has 0 aliphatic heterocycles. The zero-order valence-electron chi connectivity index (χ0n) is 11.1. The highest BCUT2D eigenvalue weighted by atomic mass is 16.6. The van der Waals surface area contributed by atoms with Crippen molar-refractivity contribution in [2.45, 2.75) is 39.4 Å². The monoisotopic (exact) mass is 250 g/mol. The standard InChI is InChI=1S/C14H18O4/c1-10(2)17-13(16)14(3,4)18-12-7-5-11(9-15)6-8-12/h5-10H,1-4H3. The van der Waals surface area contributed by atoms with E-state index in [1.807, 2.05) is 0 Å². The molecule has 0 aliphatic rings. The first kappa shape index (κ1) is 14.2. The second-order valence-electron chi connectivity index (χ2n) is 4.75. The fraction of sp³-hybridized carbons (Fsp3) is 0.429. The van der Waals surface area contributed by atoms with Gasteiger partial charge in [0.05, 0.1) is 6.10 Å². The Morgan fingerprint density at radius 2 is 1.78 bits per heavy atom. The van der Waals surface area contributed by atoms with Crippen LogP contribution in [-0.2, 0) is 9.53 Å². The van der Waals surface area contributed by atoms with E-state index in [-0.39, 0.29) is 6.10 Å². The predicted octanol–water partition coefficient (Wildman–Crippen LogP) is 2.61. The molecule has 1 aromatic carbocycles. The molecule has 4 heteroatoms. The lowest BCUT2D eigenvalue weighted by molar-refractivity contribution is -0.163. The molecule has 1 rings (SSSR count). The maximum Gasteiger partial charge on any atom is 0.350 e. The summed E-state index contributed by atoms with van der Waals surface area (Å²) in [7, 11) is 0. The summed E-state index contributed by atoms with van der Waals surface area (Å²) in [4.78, 5) is 22.3. The van der Waals surface area contributed by atoms with E-state index in [9.17, 15) is 9.59 Å². The number of benzene rings is 1. The zero-order valence-corrected chi connectivity index (χ0v) is 11.1. The van der Waals surface area contributed by atoms with Crippen molar-refractivity contribution in [1.82, 2.24) is 0 Å². The van der Waals surface area contributed by atoms with Gasteiger partial charge in [-0.25, -0.2) is 4.79 Å². The highest BCUT2D eigenvalue weighted by Crippen LogP contribution is 2.20. The third-order valence-corrected chi connectivity index (χ3v) is 2.22. The highest BCUT2D eigenvalue weighted by molar-refractivity contribution is 5.79. The van der Waals surface area contributed by atoms with E-state index in [1.165, 1.54) is 0 Å². The maximum atomic E-state index is 11.8. The minimum atomic E-state index is -1.06. The number of hydrogen-bond acceptors (Lipinski definition) is 4. The van der Waals surface area contributed by atoms with Gasteiger partial charge < -0.3 is 9.47 Å². The molecule has 0 aromatic heterocycles. The number of ether oxygens (including phenoxy) is 2. The van der Waals surface area contributed by atoms with Crippen LogP contribution in [0.5, 0.6) is 5.75 Å². The van der Waals surface area contributed by atoms with Crippen LogP contribution in [-0.4, -0.2) is 24.0 Å². The molecule has 0 spiro atoms. The second kappa shape index (κ2) is 5.67. The van der Waals surface area contributed by atoms with Crippen LogP contribution in [0.3, 0.4) is 0 Å².